The topological polar surface area (TPSA) is 59.5 Å². The van der Waals surface area contributed by atoms with Crippen molar-refractivity contribution in [3.63, 3.8) is 0 Å². The number of pyridine rings is 1. The summed E-state index contributed by atoms with van der Waals surface area (Å²) in [6.45, 7) is 4.75. The molecule has 0 aliphatic carbocycles. The van der Waals surface area contributed by atoms with Crippen molar-refractivity contribution in [3.8, 4) is 5.75 Å². The van der Waals surface area contributed by atoms with Gasteiger partial charge in [0.25, 0.3) is 0 Å². The van der Waals surface area contributed by atoms with Gasteiger partial charge in [-0.2, -0.15) is 0 Å². The van der Waals surface area contributed by atoms with Crippen molar-refractivity contribution < 1.29 is 13.2 Å². The molecule has 0 saturated heterocycles. The zero-order valence-electron chi connectivity index (χ0n) is 14.9. The number of sulfonamides is 1. The van der Waals surface area contributed by atoms with Gasteiger partial charge in [0.05, 0.1) is 24.6 Å². The number of hydrogen-bond acceptors (Lipinski definition) is 4. The molecule has 0 saturated carbocycles. The van der Waals surface area contributed by atoms with Crippen LogP contribution in [0, 0.1) is 0 Å². The Morgan fingerprint density at radius 3 is 2.44 bits per heavy atom. The Bertz CT molecular complexity index is 731. The van der Waals surface area contributed by atoms with Gasteiger partial charge in [-0.15, -0.1) is 0 Å². The van der Waals surface area contributed by atoms with Crippen LogP contribution in [0.25, 0.3) is 0 Å². The van der Waals surface area contributed by atoms with Gasteiger partial charge in [0.15, 0.2) is 0 Å². The number of ether oxygens (including phenoxy) is 1. The molecule has 0 atom stereocenters. The summed E-state index contributed by atoms with van der Waals surface area (Å²) in [6.07, 6.45) is 6.68. The molecule has 0 fully saturated rings. The molecule has 136 valence electrons. The number of rotatable bonds is 10. The van der Waals surface area contributed by atoms with Crippen LogP contribution in [0.3, 0.4) is 0 Å². The van der Waals surface area contributed by atoms with Crippen LogP contribution in [-0.4, -0.2) is 25.8 Å². The molecule has 6 heteroatoms. The summed E-state index contributed by atoms with van der Waals surface area (Å²) >= 11 is 0. The van der Waals surface area contributed by atoms with Crippen LogP contribution in [0.1, 0.15) is 38.7 Å². The lowest BCUT2D eigenvalue weighted by atomic mass is 10.2. The number of aromatic nitrogens is 1. The third-order valence-corrected chi connectivity index (χ3v) is 5.63. The number of benzene rings is 1. The van der Waals surface area contributed by atoms with Crippen LogP contribution < -0.4 is 9.04 Å². The van der Waals surface area contributed by atoms with Gasteiger partial charge in [0, 0.05) is 12.4 Å². The Kier molecular flexibility index (Phi) is 7.25. The fraction of sp³-hybridized carbons (Fsp3) is 0.421. The van der Waals surface area contributed by atoms with Gasteiger partial charge in [0.2, 0.25) is 10.0 Å². The lowest BCUT2D eigenvalue weighted by molar-refractivity contribution is 0.306. The summed E-state index contributed by atoms with van der Waals surface area (Å²) in [4.78, 5) is 4.06. The first-order valence-corrected chi connectivity index (χ1v) is 10.3. The minimum atomic E-state index is -3.38. The summed E-state index contributed by atoms with van der Waals surface area (Å²) in [5.41, 5.74) is 1.48. The predicted octanol–water partition coefficient (Wildman–Crippen LogP) is 4.01. The van der Waals surface area contributed by atoms with E-state index in [1.807, 2.05) is 18.2 Å². The molecule has 0 bridgehead atoms. The molecule has 0 aliphatic heterocycles. The summed E-state index contributed by atoms with van der Waals surface area (Å²) in [7, 11) is -3.38. The van der Waals surface area contributed by atoms with E-state index in [-0.39, 0.29) is 12.3 Å². The van der Waals surface area contributed by atoms with Gasteiger partial charge in [0.1, 0.15) is 5.75 Å². The van der Waals surface area contributed by atoms with Crippen molar-refractivity contribution >= 4 is 15.7 Å². The highest BCUT2D eigenvalue weighted by Gasteiger charge is 2.21. The van der Waals surface area contributed by atoms with Crippen LogP contribution in [0.5, 0.6) is 5.75 Å². The fourth-order valence-corrected chi connectivity index (χ4v) is 3.51. The fourth-order valence-electron chi connectivity index (χ4n) is 2.41. The molecule has 0 amide bonds. The Morgan fingerprint density at radius 1 is 1.08 bits per heavy atom. The van der Waals surface area contributed by atoms with E-state index in [4.69, 9.17) is 4.74 Å². The largest absolute Gasteiger partial charge is 0.494 e. The Labute approximate surface area is 150 Å². The lowest BCUT2D eigenvalue weighted by Gasteiger charge is -2.24. The molecule has 25 heavy (non-hydrogen) atoms. The molecule has 0 N–H and O–H groups in total. The first-order chi connectivity index (χ1) is 12.1. The second kappa shape index (κ2) is 9.42. The maximum atomic E-state index is 12.5. The maximum absolute atomic E-state index is 12.5. The number of unbranched alkanes of at least 4 members (excludes halogenated alkanes) is 2. The average molecular weight is 362 g/mol. The van der Waals surface area contributed by atoms with E-state index in [1.165, 1.54) is 4.31 Å². The summed E-state index contributed by atoms with van der Waals surface area (Å²) in [5.74, 6) is 0.804. The van der Waals surface area contributed by atoms with Gasteiger partial charge in [-0.1, -0.05) is 25.8 Å². The number of nitrogens with zero attached hydrogens (tertiary/aromatic N) is 2. The average Bonchev–Trinajstić information content (AvgIpc) is 2.65. The molecule has 1 heterocycles. The standard InChI is InChI=1S/C19H26N2O3S/c1-3-5-6-14-24-19-11-9-18(10-12-19)21(25(22,23)4-2)16-17-8-7-13-20-15-17/h7-13,15H,3-6,14,16H2,1-2H3. The molecule has 1 aromatic heterocycles. The quantitative estimate of drug-likeness (QED) is 0.599. The van der Waals surface area contributed by atoms with Crippen LogP contribution in [0.15, 0.2) is 48.8 Å². The van der Waals surface area contributed by atoms with E-state index in [2.05, 4.69) is 11.9 Å². The monoisotopic (exact) mass is 362 g/mol. The van der Waals surface area contributed by atoms with Gasteiger partial charge < -0.3 is 4.74 Å². The zero-order chi connectivity index (χ0) is 18.1. The van der Waals surface area contributed by atoms with Crippen LogP contribution in [0.4, 0.5) is 5.69 Å². The van der Waals surface area contributed by atoms with E-state index in [9.17, 15) is 8.42 Å². The second-order valence-electron chi connectivity index (χ2n) is 5.82. The minimum Gasteiger partial charge on any atom is -0.494 e. The first kappa shape index (κ1) is 19.2. The lowest BCUT2D eigenvalue weighted by Crippen LogP contribution is -2.31. The van der Waals surface area contributed by atoms with Gasteiger partial charge >= 0.3 is 0 Å². The molecule has 5 nitrogen and oxygen atoms in total. The first-order valence-electron chi connectivity index (χ1n) is 8.69. The van der Waals surface area contributed by atoms with E-state index in [1.54, 1.807) is 37.5 Å². The summed E-state index contributed by atoms with van der Waals surface area (Å²) in [6, 6.07) is 10.9. The Balaban J connectivity index is 2.14. The van der Waals surface area contributed by atoms with Crippen molar-refractivity contribution in [1.29, 1.82) is 0 Å². The van der Waals surface area contributed by atoms with Crippen molar-refractivity contribution in [1.82, 2.24) is 4.98 Å². The molecule has 2 aromatic rings. The van der Waals surface area contributed by atoms with E-state index in [0.717, 1.165) is 30.6 Å². The van der Waals surface area contributed by atoms with Crippen molar-refractivity contribution in [2.75, 3.05) is 16.7 Å². The molecular formula is C19H26N2O3S. The van der Waals surface area contributed by atoms with Gasteiger partial charge in [-0.05, 0) is 49.2 Å². The highest BCUT2D eigenvalue weighted by Crippen LogP contribution is 2.24. The molecule has 2 rings (SSSR count). The highest BCUT2D eigenvalue weighted by molar-refractivity contribution is 7.92. The number of hydrogen-bond donors (Lipinski definition) is 0. The zero-order valence-corrected chi connectivity index (χ0v) is 15.7. The molecule has 0 aliphatic rings. The van der Waals surface area contributed by atoms with E-state index < -0.39 is 10.0 Å². The third kappa shape index (κ3) is 5.74. The van der Waals surface area contributed by atoms with E-state index >= 15 is 0 Å². The Hall–Kier alpha value is -2.08. The second-order valence-corrected chi connectivity index (χ2v) is 8.00. The van der Waals surface area contributed by atoms with Crippen LogP contribution in [-0.2, 0) is 16.6 Å². The van der Waals surface area contributed by atoms with Crippen LogP contribution >= 0.6 is 0 Å². The smallest absolute Gasteiger partial charge is 0.235 e. The Morgan fingerprint density at radius 2 is 1.84 bits per heavy atom. The van der Waals surface area contributed by atoms with Crippen molar-refractivity contribution in [3.05, 3.63) is 54.4 Å². The van der Waals surface area contributed by atoms with Crippen molar-refractivity contribution in [2.45, 2.75) is 39.7 Å². The molecular weight excluding hydrogens is 336 g/mol. The molecule has 0 spiro atoms. The molecule has 0 radical (unpaired) electrons. The van der Waals surface area contributed by atoms with Gasteiger partial charge in [-0.25, -0.2) is 8.42 Å². The summed E-state index contributed by atoms with van der Waals surface area (Å²) < 4.78 is 32.1. The predicted molar refractivity (Wildman–Crippen MR) is 101 cm³/mol. The maximum Gasteiger partial charge on any atom is 0.235 e. The number of anilines is 1. The van der Waals surface area contributed by atoms with Gasteiger partial charge in [-0.3, -0.25) is 9.29 Å². The van der Waals surface area contributed by atoms with Crippen molar-refractivity contribution in [2.24, 2.45) is 0 Å². The molecule has 0 unspecified atom stereocenters. The third-order valence-electron chi connectivity index (χ3n) is 3.89. The highest BCUT2D eigenvalue weighted by atomic mass is 32.2. The van der Waals surface area contributed by atoms with Crippen LogP contribution in [0.2, 0.25) is 0 Å². The molecule has 1 aromatic carbocycles. The SMILES string of the molecule is CCCCCOc1ccc(N(Cc2cccnc2)S(=O)(=O)CC)cc1. The minimum absolute atomic E-state index is 0.0442. The normalized spacial score (nSPS) is 11.3. The summed E-state index contributed by atoms with van der Waals surface area (Å²) in [5, 5.41) is 0. The van der Waals surface area contributed by atoms with E-state index in [0.29, 0.717) is 12.3 Å².